The minimum absolute atomic E-state index is 0.0508. The Balaban J connectivity index is 1.53. The number of nitrogens with one attached hydrogen (secondary N) is 1. The molecule has 28 heavy (non-hydrogen) atoms. The first-order valence-electron chi connectivity index (χ1n) is 8.94. The number of aromatic amines is 1. The zero-order valence-corrected chi connectivity index (χ0v) is 15.0. The second kappa shape index (κ2) is 7.73. The first-order valence-corrected chi connectivity index (χ1v) is 8.94. The highest BCUT2D eigenvalue weighted by Crippen LogP contribution is 2.31. The number of nitrogens with zero attached hydrogens (tertiary/aromatic N) is 3. The topological polar surface area (TPSA) is 54.0 Å². The molecule has 1 unspecified atom stereocenters. The maximum Gasteiger partial charge on any atom is 0.416 e. The summed E-state index contributed by atoms with van der Waals surface area (Å²) in [7, 11) is 0. The first kappa shape index (κ1) is 18.6. The van der Waals surface area contributed by atoms with E-state index in [0.717, 1.165) is 36.6 Å². The summed E-state index contributed by atoms with van der Waals surface area (Å²) in [5, 5.41) is 0. The lowest BCUT2D eigenvalue weighted by molar-refractivity contribution is -0.137. The predicted octanol–water partition coefficient (Wildman–Crippen LogP) is 4.06. The summed E-state index contributed by atoms with van der Waals surface area (Å²) >= 11 is 0. The van der Waals surface area contributed by atoms with Crippen molar-refractivity contribution in [3.8, 4) is 11.3 Å². The number of benzene rings is 1. The number of hydrogen-bond donors (Lipinski definition) is 1. The third-order valence-electron chi connectivity index (χ3n) is 4.81. The van der Waals surface area contributed by atoms with Crippen LogP contribution in [-0.4, -0.2) is 39.6 Å². The van der Waals surface area contributed by atoms with Gasteiger partial charge in [0.15, 0.2) is 0 Å². The minimum Gasteiger partial charge on any atom is -0.378 e. The molecule has 0 amide bonds. The summed E-state index contributed by atoms with van der Waals surface area (Å²) in [6, 6.07) is 8.96. The Morgan fingerprint density at radius 2 is 1.86 bits per heavy atom. The molecule has 1 aromatic carbocycles. The molecule has 2 aromatic heterocycles. The van der Waals surface area contributed by atoms with Gasteiger partial charge in [-0.15, -0.1) is 0 Å². The molecule has 146 valence electrons. The molecule has 0 saturated carbocycles. The summed E-state index contributed by atoms with van der Waals surface area (Å²) in [5.74, 6) is 0.739. The van der Waals surface area contributed by atoms with Gasteiger partial charge in [-0.1, -0.05) is 12.1 Å². The second-order valence-corrected chi connectivity index (χ2v) is 6.67. The summed E-state index contributed by atoms with van der Waals surface area (Å²) in [5.41, 5.74) is 1.82. The fourth-order valence-electron chi connectivity index (χ4n) is 3.29. The molecule has 0 spiro atoms. The number of pyridine rings is 1. The summed E-state index contributed by atoms with van der Waals surface area (Å²) in [6.45, 7) is 2.66. The van der Waals surface area contributed by atoms with Crippen LogP contribution in [0.25, 0.3) is 11.3 Å². The highest BCUT2D eigenvalue weighted by Gasteiger charge is 2.30. The van der Waals surface area contributed by atoms with Gasteiger partial charge in [-0.3, -0.25) is 9.88 Å². The van der Waals surface area contributed by atoms with E-state index in [0.29, 0.717) is 24.5 Å². The first-order chi connectivity index (χ1) is 13.5. The van der Waals surface area contributed by atoms with Gasteiger partial charge < -0.3 is 9.72 Å². The number of imidazole rings is 1. The fourth-order valence-corrected chi connectivity index (χ4v) is 3.29. The van der Waals surface area contributed by atoms with Crippen LogP contribution < -0.4 is 0 Å². The maximum atomic E-state index is 12.7. The van der Waals surface area contributed by atoms with Crippen molar-refractivity contribution in [2.45, 2.75) is 18.8 Å². The van der Waals surface area contributed by atoms with Gasteiger partial charge in [0.2, 0.25) is 0 Å². The molecule has 1 aliphatic heterocycles. The SMILES string of the molecule is FC(F)(F)c1ccc(-c2cnc(C3COCCN3Cc3ccncc3)[nH]2)cc1. The number of rotatable bonds is 4. The van der Waals surface area contributed by atoms with Crippen LogP contribution >= 0.6 is 0 Å². The van der Waals surface area contributed by atoms with Crippen LogP contribution in [0.4, 0.5) is 13.2 Å². The molecular formula is C20H19F3N4O. The predicted molar refractivity (Wildman–Crippen MR) is 97.2 cm³/mol. The van der Waals surface area contributed by atoms with Gasteiger partial charge in [-0.25, -0.2) is 4.98 Å². The van der Waals surface area contributed by atoms with Gasteiger partial charge in [0, 0.05) is 25.5 Å². The van der Waals surface area contributed by atoms with E-state index < -0.39 is 11.7 Å². The van der Waals surface area contributed by atoms with Crippen molar-refractivity contribution in [2.75, 3.05) is 19.8 Å². The third kappa shape index (κ3) is 4.07. The molecule has 4 rings (SSSR count). The number of ether oxygens (including phenoxy) is 1. The quantitative estimate of drug-likeness (QED) is 0.732. The lowest BCUT2D eigenvalue weighted by atomic mass is 10.1. The standard InChI is InChI=1S/C20H19F3N4O/c21-20(22,23)16-3-1-15(2-4-16)17-11-25-19(26-17)18-13-28-10-9-27(18)12-14-5-7-24-8-6-14/h1-8,11,18H,9-10,12-13H2,(H,25,26). The van der Waals surface area contributed by atoms with Gasteiger partial charge >= 0.3 is 6.18 Å². The van der Waals surface area contributed by atoms with E-state index in [-0.39, 0.29) is 6.04 Å². The van der Waals surface area contributed by atoms with Gasteiger partial charge in [0.05, 0.1) is 36.7 Å². The molecule has 0 bridgehead atoms. The number of alkyl halides is 3. The van der Waals surface area contributed by atoms with Gasteiger partial charge in [-0.05, 0) is 35.4 Å². The van der Waals surface area contributed by atoms with Crippen molar-refractivity contribution >= 4 is 0 Å². The number of morpholine rings is 1. The van der Waals surface area contributed by atoms with Crippen molar-refractivity contribution in [1.29, 1.82) is 0 Å². The van der Waals surface area contributed by atoms with E-state index in [4.69, 9.17) is 4.74 Å². The maximum absolute atomic E-state index is 12.7. The van der Waals surface area contributed by atoms with Crippen molar-refractivity contribution in [3.05, 3.63) is 71.9 Å². The van der Waals surface area contributed by atoms with Crippen LogP contribution in [0.3, 0.4) is 0 Å². The zero-order valence-electron chi connectivity index (χ0n) is 15.0. The Bertz CT molecular complexity index is 909. The Morgan fingerprint density at radius 1 is 1.11 bits per heavy atom. The summed E-state index contributed by atoms with van der Waals surface area (Å²) in [4.78, 5) is 14.0. The molecule has 1 N–H and O–H groups in total. The molecule has 0 radical (unpaired) electrons. The molecule has 8 heteroatoms. The molecular weight excluding hydrogens is 369 g/mol. The number of aromatic nitrogens is 3. The van der Waals surface area contributed by atoms with Gasteiger partial charge in [0.1, 0.15) is 5.82 Å². The van der Waals surface area contributed by atoms with Gasteiger partial charge in [0.25, 0.3) is 0 Å². The second-order valence-electron chi connectivity index (χ2n) is 6.67. The highest BCUT2D eigenvalue weighted by atomic mass is 19.4. The van der Waals surface area contributed by atoms with Crippen molar-refractivity contribution < 1.29 is 17.9 Å². The van der Waals surface area contributed by atoms with Crippen LogP contribution in [0, 0.1) is 0 Å². The number of hydrogen-bond acceptors (Lipinski definition) is 4. The van der Waals surface area contributed by atoms with Crippen LogP contribution in [0.1, 0.15) is 23.0 Å². The van der Waals surface area contributed by atoms with E-state index in [1.807, 2.05) is 12.1 Å². The molecule has 1 saturated heterocycles. The van der Waals surface area contributed by atoms with Crippen molar-refractivity contribution in [2.24, 2.45) is 0 Å². The average molecular weight is 388 g/mol. The molecule has 1 aliphatic rings. The van der Waals surface area contributed by atoms with Crippen LogP contribution in [0.2, 0.25) is 0 Å². The summed E-state index contributed by atoms with van der Waals surface area (Å²) in [6.07, 6.45) is 0.836. The molecule has 3 heterocycles. The zero-order chi connectivity index (χ0) is 19.6. The van der Waals surface area contributed by atoms with Crippen LogP contribution in [-0.2, 0) is 17.5 Å². The lowest BCUT2D eigenvalue weighted by Crippen LogP contribution is -2.39. The van der Waals surface area contributed by atoms with Gasteiger partial charge in [-0.2, -0.15) is 13.2 Å². The average Bonchev–Trinajstić information content (AvgIpc) is 3.19. The number of H-pyrrole nitrogens is 1. The largest absolute Gasteiger partial charge is 0.416 e. The molecule has 5 nitrogen and oxygen atoms in total. The normalized spacial score (nSPS) is 18.3. The van der Waals surface area contributed by atoms with Crippen molar-refractivity contribution in [3.63, 3.8) is 0 Å². The minimum atomic E-state index is -4.34. The molecule has 1 atom stereocenters. The Labute approximate surface area is 160 Å². The smallest absolute Gasteiger partial charge is 0.378 e. The van der Waals surface area contributed by atoms with E-state index >= 15 is 0 Å². The molecule has 0 aliphatic carbocycles. The van der Waals surface area contributed by atoms with Crippen LogP contribution in [0.15, 0.2) is 55.0 Å². The highest BCUT2D eigenvalue weighted by molar-refractivity contribution is 5.59. The Hall–Kier alpha value is -2.71. The Kier molecular flexibility index (Phi) is 5.15. The van der Waals surface area contributed by atoms with Crippen molar-refractivity contribution in [1.82, 2.24) is 19.9 Å². The monoisotopic (exact) mass is 388 g/mol. The number of halogens is 3. The van der Waals surface area contributed by atoms with E-state index in [1.165, 1.54) is 12.1 Å². The van der Waals surface area contributed by atoms with E-state index in [1.54, 1.807) is 18.6 Å². The van der Waals surface area contributed by atoms with E-state index in [2.05, 4.69) is 19.9 Å². The fraction of sp³-hybridized carbons (Fsp3) is 0.300. The van der Waals surface area contributed by atoms with E-state index in [9.17, 15) is 13.2 Å². The third-order valence-corrected chi connectivity index (χ3v) is 4.81. The summed E-state index contributed by atoms with van der Waals surface area (Å²) < 4.78 is 43.9. The lowest BCUT2D eigenvalue weighted by Gasteiger charge is -2.34. The molecule has 3 aromatic rings. The molecule has 1 fully saturated rings. The Morgan fingerprint density at radius 3 is 2.57 bits per heavy atom. The van der Waals surface area contributed by atoms with Crippen LogP contribution in [0.5, 0.6) is 0 Å².